The first-order valence-corrected chi connectivity index (χ1v) is 11.0. The second-order valence-electron chi connectivity index (χ2n) is 6.94. The van der Waals surface area contributed by atoms with Crippen LogP contribution in [-0.4, -0.2) is 17.9 Å². The lowest BCUT2D eigenvalue weighted by molar-refractivity contribution is 0.0949. The van der Waals surface area contributed by atoms with Crippen molar-refractivity contribution in [3.8, 4) is 10.4 Å². The van der Waals surface area contributed by atoms with Crippen molar-refractivity contribution in [2.75, 3.05) is 5.32 Å². The maximum absolute atomic E-state index is 12.7. The van der Waals surface area contributed by atoms with Crippen molar-refractivity contribution in [3.63, 3.8) is 0 Å². The summed E-state index contributed by atoms with van der Waals surface area (Å²) in [4.78, 5) is 26.1. The zero-order valence-corrected chi connectivity index (χ0v) is 18.3. The summed E-state index contributed by atoms with van der Waals surface area (Å²) < 4.78 is 1.18. The molecule has 1 aromatic heterocycles. The Morgan fingerprint density at radius 2 is 1.75 bits per heavy atom. The van der Waals surface area contributed by atoms with Gasteiger partial charge in [0, 0.05) is 31.1 Å². The van der Waals surface area contributed by atoms with Crippen molar-refractivity contribution in [2.24, 2.45) is 0 Å². The lowest BCUT2D eigenvalue weighted by Gasteiger charge is -2.10. The zero-order chi connectivity index (χ0) is 19.7. The number of hydrogen-bond acceptors (Lipinski definition) is 3. The van der Waals surface area contributed by atoms with Gasteiger partial charge in [-0.05, 0) is 83.8 Å². The molecule has 6 heteroatoms. The molecule has 3 aromatic rings. The van der Waals surface area contributed by atoms with Crippen LogP contribution in [0.3, 0.4) is 0 Å². The molecule has 2 aromatic carbocycles. The quantitative estimate of drug-likeness (QED) is 0.455. The highest BCUT2D eigenvalue weighted by atomic mass is 127. The molecule has 142 valence electrons. The molecule has 0 bridgehead atoms. The van der Waals surface area contributed by atoms with E-state index in [-0.39, 0.29) is 11.8 Å². The maximum Gasteiger partial charge on any atom is 0.256 e. The molecular formula is C22H19IN2O2S. The normalized spacial score (nSPS) is 13.2. The van der Waals surface area contributed by atoms with E-state index in [0.29, 0.717) is 22.9 Å². The zero-order valence-electron chi connectivity index (χ0n) is 15.3. The van der Waals surface area contributed by atoms with Crippen LogP contribution in [-0.2, 0) is 0 Å². The summed E-state index contributed by atoms with van der Waals surface area (Å²) >= 11 is 3.82. The van der Waals surface area contributed by atoms with E-state index in [1.165, 1.54) is 3.57 Å². The second kappa shape index (κ2) is 8.05. The molecule has 4 rings (SSSR count). The fourth-order valence-corrected chi connectivity index (χ4v) is 4.07. The van der Waals surface area contributed by atoms with Crippen LogP contribution in [0, 0.1) is 10.5 Å². The highest BCUT2D eigenvalue weighted by Crippen LogP contribution is 2.28. The summed E-state index contributed by atoms with van der Waals surface area (Å²) in [6.45, 7) is 1.92. The van der Waals surface area contributed by atoms with Crippen LogP contribution in [0.5, 0.6) is 0 Å². The summed E-state index contributed by atoms with van der Waals surface area (Å²) in [6.07, 6.45) is 2.09. The van der Waals surface area contributed by atoms with Gasteiger partial charge < -0.3 is 10.6 Å². The Hall–Kier alpha value is -2.19. The number of hydrogen-bond donors (Lipinski definition) is 2. The van der Waals surface area contributed by atoms with E-state index in [1.54, 1.807) is 23.5 Å². The van der Waals surface area contributed by atoms with Gasteiger partial charge in [0.05, 0.1) is 5.56 Å². The van der Waals surface area contributed by atoms with Crippen LogP contribution in [0.2, 0.25) is 0 Å². The van der Waals surface area contributed by atoms with Crippen molar-refractivity contribution < 1.29 is 9.59 Å². The Bertz CT molecular complexity index is 1040. The third kappa shape index (κ3) is 4.44. The molecule has 0 spiro atoms. The Labute approximate surface area is 181 Å². The molecule has 0 aliphatic heterocycles. The van der Waals surface area contributed by atoms with Gasteiger partial charge >= 0.3 is 0 Å². The minimum atomic E-state index is -0.170. The second-order valence-corrected chi connectivity index (χ2v) is 9.09. The Morgan fingerprint density at radius 1 is 1.00 bits per heavy atom. The van der Waals surface area contributed by atoms with E-state index in [2.05, 4.69) is 57.5 Å². The molecule has 2 amide bonds. The minimum Gasteiger partial charge on any atom is -0.349 e. The first-order chi connectivity index (χ1) is 13.5. The molecule has 2 N–H and O–H groups in total. The fourth-order valence-electron chi connectivity index (χ4n) is 2.81. The van der Waals surface area contributed by atoms with Crippen molar-refractivity contribution >= 4 is 51.4 Å². The highest BCUT2D eigenvalue weighted by molar-refractivity contribution is 14.1. The number of aryl methyl sites for hydroxylation is 1. The van der Waals surface area contributed by atoms with Crippen LogP contribution < -0.4 is 10.6 Å². The number of carbonyl (C=O) groups is 2. The summed E-state index contributed by atoms with van der Waals surface area (Å²) in [5, 5.41) is 7.79. The average molecular weight is 502 g/mol. The lowest BCUT2D eigenvalue weighted by atomic mass is 10.1. The summed E-state index contributed by atoms with van der Waals surface area (Å²) in [6, 6.07) is 15.8. The van der Waals surface area contributed by atoms with Crippen LogP contribution in [0.1, 0.15) is 39.1 Å². The number of carbonyl (C=O) groups excluding carboxylic acids is 2. The Kier molecular flexibility index (Phi) is 5.50. The van der Waals surface area contributed by atoms with Crippen molar-refractivity contribution in [1.29, 1.82) is 0 Å². The predicted octanol–water partition coefficient (Wildman–Crippen LogP) is 5.47. The molecule has 0 saturated heterocycles. The van der Waals surface area contributed by atoms with Gasteiger partial charge in [-0.1, -0.05) is 18.2 Å². The maximum atomic E-state index is 12.7. The minimum absolute atomic E-state index is 0.0884. The Balaban J connectivity index is 1.50. The fraction of sp³-hybridized carbons (Fsp3) is 0.182. The van der Waals surface area contributed by atoms with Crippen LogP contribution in [0.4, 0.5) is 5.69 Å². The molecule has 4 nitrogen and oxygen atoms in total. The number of nitrogens with one attached hydrogen (secondary N) is 2. The van der Waals surface area contributed by atoms with E-state index in [4.69, 9.17) is 0 Å². The molecule has 28 heavy (non-hydrogen) atoms. The third-order valence-corrected chi connectivity index (χ3v) is 6.35. The highest BCUT2D eigenvalue weighted by Gasteiger charge is 2.24. The van der Waals surface area contributed by atoms with Crippen LogP contribution in [0.25, 0.3) is 10.4 Å². The summed E-state index contributed by atoms with van der Waals surface area (Å²) in [7, 11) is 0. The van der Waals surface area contributed by atoms with E-state index in [9.17, 15) is 9.59 Å². The van der Waals surface area contributed by atoms with Crippen LogP contribution >= 0.6 is 33.9 Å². The number of benzene rings is 2. The van der Waals surface area contributed by atoms with Crippen LogP contribution in [0.15, 0.2) is 53.9 Å². The van der Waals surface area contributed by atoms with Gasteiger partial charge in [-0.3, -0.25) is 9.59 Å². The summed E-state index contributed by atoms with van der Waals surface area (Å²) in [5.41, 5.74) is 3.86. The van der Waals surface area contributed by atoms with E-state index < -0.39 is 0 Å². The standard InChI is InChI=1S/C22H19IN2O2S/c1-13-2-3-15(21(26)24-18-8-9-18)10-19(13)25-22(27)16-11-20(28-12-16)14-4-6-17(23)7-5-14/h2-7,10-12,18H,8-9H2,1H3,(H,24,26)(H,25,27). The van der Waals surface area contributed by atoms with Gasteiger partial charge in [-0.15, -0.1) is 11.3 Å². The first kappa shape index (κ1) is 19.1. The first-order valence-electron chi connectivity index (χ1n) is 9.07. The third-order valence-electron chi connectivity index (χ3n) is 4.65. The van der Waals surface area contributed by atoms with Gasteiger partial charge in [0.1, 0.15) is 0 Å². The molecule has 1 heterocycles. The van der Waals surface area contributed by atoms with Crippen molar-refractivity contribution in [3.05, 3.63) is 74.2 Å². The Morgan fingerprint density at radius 3 is 2.46 bits per heavy atom. The number of halogens is 1. The molecular weight excluding hydrogens is 483 g/mol. The van der Waals surface area contributed by atoms with Crippen molar-refractivity contribution in [1.82, 2.24) is 5.32 Å². The average Bonchev–Trinajstić information content (AvgIpc) is 3.35. The molecule has 0 unspecified atom stereocenters. The molecule has 1 aliphatic rings. The van der Waals surface area contributed by atoms with Crippen molar-refractivity contribution in [2.45, 2.75) is 25.8 Å². The molecule has 0 atom stereocenters. The SMILES string of the molecule is Cc1ccc(C(=O)NC2CC2)cc1NC(=O)c1csc(-c2ccc(I)cc2)c1. The number of rotatable bonds is 5. The predicted molar refractivity (Wildman–Crippen MR) is 122 cm³/mol. The van der Waals surface area contributed by atoms with E-state index in [1.807, 2.05) is 24.4 Å². The number of thiophene rings is 1. The molecule has 0 radical (unpaired) electrons. The topological polar surface area (TPSA) is 58.2 Å². The van der Waals surface area contributed by atoms with Gasteiger partial charge in [0.15, 0.2) is 0 Å². The molecule has 1 saturated carbocycles. The summed E-state index contributed by atoms with van der Waals surface area (Å²) in [5.74, 6) is -0.259. The van der Waals surface area contributed by atoms with E-state index in [0.717, 1.165) is 28.8 Å². The van der Waals surface area contributed by atoms with Gasteiger partial charge in [0.25, 0.3) is 11.8 Å². The molecule has 1 fully saturated rings. The molecule has 1 aliphatic carbocycles. The monoisotopic (exact) mass is 502 g/mol. The number of anilines is 1. The van der Waals surface area contributed by atoms with Gasteiger partial charge in [0.2, 0.25) is 0 Å². The van der Waals surface area contributed by atoms with Gasteiger partial charge in [-0.25, -0.2) is 0 Å². The van der Waals surface area contributed by atoms with E-state index >= 15 is 0 Å². The number of amides is 2. The lowest BCUT2D eigenvalue weighted by Crippen LogP contribution is -2.25. The smallest absolute Gasteiger partial charge is 0.256 e. The largest absolute Gasteiger partial charge is 0.349 e. The van der Waals surface area contributed by atoms with Gasteiger partial charge in [-0.2, -0.15) is 0 Å².